The predicted molar refractivity (Wildman–Crippen MR) is 85.6 cm³/mol. The summed E-state index contributed by atoms with van der Waals surface area (Å²) in [5.41, 5.74) is 2.81. The molecule has 1 aromatic carbocycles. The van der Waals surface area contributed by atoms with E-state index in [9.17, 15) is 0 Å². The molecule has 0 radical (unpaired) electrons. The maximum absolute atomic E-state index is 5.63. The van der Waals surface area contributed by atoms with Gasteiger partial charge in [0.2, 0.25) is 0 Å². The number of ether oxygens (including phenoxy) is 1. The van der Waals surface area contributed by atoms with Gasteiger partial charge in [-0.15, -0.1) is 0 Å². The highest BCUT2D eigenvalue weighted by atomic mass is 79.9. The fourth-order valence-electron chi connectivity index (χ4n) is 3.05. The van der Waals surface area contributed by atoms with E-state index in [4.69, 9.17) is 4.74 Å². The Bertz CT molecular complexity index is 470. The third-order valence-electron chi connectivity index (χ3n) is 4.33. The van der Waals surface area contributed by atoms with Crippen molar-refractivity contribution in [3.63, 3.8) is 0 Å². The van der Waals surface area contributed by atoms with E-state index in [-0.39, 0.29) is 0 Å². The third-order valence-corrected chi connectivity index (χ3v) is 4.92. The van der Waals surface area contributed by atoms with E-state index in [1.54, 1.807) is 0 Å². The lowest BCUT2D eigenvalue weighted by atomic mass is 10.0. The first-order valence-electron chi connectivity index (χ1n) is 7.57. The van der Waals surface area contributed by atoms with Crippen molar-refractivity contribution in [2.75, 3.05) is 46.4 Å². The Morgan fingerprint density at radius 1 is 1.20 bits per heavy atom. The number of rotatable bonds is 4. The van der Waals surface area contributed by atoms with E-state index >= 15 is 0 Å². The van der Waals surface area contributed by atoms with Crippen LogP contribution in [0.15, 0.2) is 16.6 Å². The first-order valence-corrected chi connectivity index (χ1v) is 8.36. The van der Waals surface area contributed by atoms with Crippen molar-refractivity contribution in [1.29, 1.82) is 0 Å². The Hall–Kier alpha value is -0.580. The molecule has 1 saturated heterocycles. The predicted octanol–water partition coefficient (Wildman–Crippen LogP) is 2.56. The summed E-state index contributed by atoms with van der Waals surface area (Å²) in [6.07, 6.45) is 3.47. The second kappa shape index (κ2) is 6.46. The van der Waals surface area contributed by atoms with Crippen LogP contribution in [0.1, 0.15) is 17.5 Å². The third kappa shape index (κ3) is 3.35. The number of nitrogens with zero attached hydrogens (tertiary/aromatic N) is 2. The molecular formula is C16H23BrN2O. The Labute approximate surface area is 130 Å². The monoisotopic (exact) mass is 338 g/mol. The highest BCUT2D eigenvalue weighted by Crippen LogP contribution is 2.35. The molecule has 0 amide bonds. The van der Waals surface area contributed by atoms with Gasteiger partial charge in [-0.25, -0.2) is 0 Å². The summed E-state index contributed by atoms with van der Waals surface area (Å²) in [6.45, 7) is 6.91. The van der Waals surface area contributed by atoms with Crippen molar-refractivity contribution in [3.8, 4) is 5.75 Å². The molecule has 1 fully saturated rings. The molecule has 0 aliphatic carbocycles. The summed E-state index contributed by atoms with van der Waals surface area (Å²) in [4.78, 5) is 5.00. The van der Waals surface area contributed by atoms with Gasteiger partial charge in [0, 0.05) is 32.6 Å². The SMILES string of the molecule is CN1CCN(CCCc2cc(Br)c3c(c2)CCO3)CC1. The van der Waals surface area contributed by atoms with Gasteiger partial charge < -0.3 is 14.5 Å². The number of likely N-dealkylation sites (N-methyl/N-ethyl adjacent to an activating group) is 1. The van der Waals surface area contributed by atoms with Crippen LogP contribution in [0.3, 0.4) is 0 Å². The van der Waals surface area contributed by atoms with Crippen molar-refractivity contribution >= 4 is 15.9 Å². The second-order valence-corrected chi connectivity index (χ2v) is 6.77. The Morgan fingerprint density at radius 2 is 2.00 bits per heavy atom. The summed E-state index contributed by atoms with van der Waals surface area (Å²) in [5.74, 6) is 1.06. The number of hydrogen-bond acceptors (Lipinski definition) is 3. The van der Waals surface area contributed by atoms with Gasteiger partial charge in [0.1, 0.15) is 5.75 Å². The number of piperazine rings is 1. The van der Waals surface area contributed by atoms with E-state index < -0.39 is 0 Å². The lowest BCUT2D eigenvalue weighted by Crippen LogP contribution is -2.44. The summed E-state index contributed by atoms with van der Waals surface area (Å²) < 4.78 is 6.76. The van der Waals surface area contributed by atoms with Crippen LogP contribution in [0.2, 0.25) is 0 Å². The normalized spacial score (nSPS) is 19.9. The van der Waals surface area contributed by atoms with Crippen molar-refractivity contribution in [3.05, 3.63) is 27.7 Å². The summed E-state index contributed by atoms with van der Waals surface area (Å²) in [7, 11) is 2.21. The van der Waals surface area contributed by atoms with Crippen LogP contribution < -0.4 is 4.74 Å². The average molecular weight is 339 g/mol. The zero-order chi connectivity index (χ0) is 13.9. The molecule has 2 heterocycles. The van der Waals surface area contributed by atoms with Gasteiger partial charge in [0.05, 0.1) is 11.1 Å². The van der Waals surface area contributed by atoms with Crippen LogP contribution in [-0.2, 0) is 12.8 Å². The Morgan fingerprint density at radius 3 is 2.80 bits per heavy atom. The van der Waals surface area contributed by atoms with Crippen molar-refractivity contribution in [1.82, 2.24) is 9.80 Å². The molecule has 0 bridgehead atoms. The Balaban J connectivity index is 1.50. The van der Waals surface area contributed by atoms with Gasteiger partial charge in [0.25, 0.3) is 0 Å². The van der Waals surface area contributed by atoms with Gasteiger partial charge in [-0.2, -0.15) is 0 Å². The molecule has 0 saturated carbocycles. The molecule has 4 heteroatoms. The van der Waals surface area contributed by atoms with Crippen LogP contribution in [0.25, 0.3) is 0 Å². The number of aryl methyl sites for hydroxylation is 1. The number of halogens is 1. The molecule has 3 nitrogen and oxygen atoms in total. The molecule has 0 aromatic heterocycles. The molecule has 0 unspecified atom stereocenters. The van der Waals surface area contributed by atoms with Crippen molar-refractivity contribution < 1.29 is 4.74 Å². The molecule has 1 aromatic rings. The lowest BCUT2D eigenvalue weighted by Gasteiger charge is -2.32. The van der Waals surface area contributed by atoms with Gasteiger partial charge in [-0.05, 0) is 59.6 Å². The van der Waals surface area contributed by atoms with Crippen LogP contribution in [0.5, 0.6) is 5.75 Å². The van der Waals surface area contributed by atoms with Crippen molar-refractivity contribution in [2.24, 2.45) is 0 Å². The maximum atomic E-state index is 5.63. The molecule has 0 spiro atoms. The minimum atomic E-state index is 0.832. The zero-order valence-corrected chi connectivity index (χ0v) is 13.8. The summed E-state index contributed by atoms with van der Waals surface area (Å²) in [5, 5.41) is 0. The highest BCUT2D eigenvalue weighted by Gasteiger charge is 2.17. The molecule has 3 rings (SSSR count). The van der Waals surface area contributed by atoms with Crippen LogP contribution in [-0.4, -0.2) is 56.2 Å². The molecule has 110 valence electrons. The maximum Gasteiger partial charge on any atom is 0.136 e. The molecular weight excluding hydrogens is 316 g/mol. The highest BCUT2D eigenvalue weighted by molar-refractivity contribution is 9.10. The Kier molecular flexibility index (Phi) is 4.64. The first kappa shape index (κ1) is 14.4. The van der Waals surface area contributed by atoms with Gasteiger partial charge in [0.15, 0.2) is 0 Å². The van der Waals surface area contributed by atoms with Gasteiger partial charge in [-0.3, -0.25) is 0 Å². The number of hydrogen-bond donors (Lipinski definition) is 0. The largest absolute Gasteiger partial charge is 0.492 e. The lowest BCUT2D eigenvalue weighted by molar-refractivity contribution is 0.153. The number of benzene rings is 1. The van der Waals surface area contributed by atoms with E-state index in [1.165, 1.54) is 50.3 Å². The zero-order valence-electron chi connectivity index (χ0n) is 12.2. The first-order chi connectivity index (χ1) is 9.72. The van der Waals surface area contributed by atoms with Gasteiger partial charge >= 0.3 is 0 Å². The molecule has 0 N–H and O–H groups in total. The average Bonchev–Trinajstić information content (AvgIpc) is 2.90. The quantitative estimate of drug-likeness (QED) is 0.839. The van der Waals surface area contributed by atoms with E-state index in [0.717, 1.165) is 29.7 Å². The molecule has 20 heavy (non-hydrogen) atoms. The van der Waals surface area contributed by atoms with E-state index in [2.05, 4.69) is 44.9 Å². The van der Waals surface area contributed by atoms with E-state index in [1.807, 2.05) is 0 Å². The van der Waals surface area contributed by atoms with Crippen LogP contribution >= 0.6 is 15.9 Å². The van der Waals surface area contributed by atoms with Crippen molar-refractivity contribution in [2.45, 2.75) is 19.3 Å². The minimum absolute atomic E-state index is 0.832. The topological polar surface area (TPSA) is 15.7 Å². The standard InChI is InChI=1S/C16H23BrN2O/c1-18-6-8-19(9-7-18)5-2-3-13-11-14-4-10-20-16(14)15(17)12-13/h11-12H,2-10H2,1H3. The summed E-state index contributed by atoms with van der Waals surface area (Å²) >= 11 is 3.63. The van der Waals surface area contributed by atoms with Crippen LogP contribution in [0.4, 0.5) is 0 Å². The fourth-order valence-corrected chi connectivity index (χ4v) is 3.71. The molecule has 2 aliphatic heterocycles. The van der Waals surface area contributed by atoms with E-state index in [0.29, 0.717) is 0 Å². The second-order valence-electron chi connectivity index (χ2n) is 5.91. The number of fused-ring (bicyclic) bond motifs is 1. The smallest absolute Gasteiger partial charge is 0.136 e. The van der Waals surface area contributed by atoms with Gasteiger partial charge in [-0.1, -0.05) is 6.07 Å². The fraction of sp³-hybridized carbons (Fsp3) is 0.625. The van der Waals surface area contributed by atoms with Crippen LogP contribution in [0, 0.1) is 0 Å². The molecule has 0 atom stereocenters. The minimum Gasteiger partial charge on any atom is -0.492 e. The summed E-state index contributed by atoms with van der Waals surface area (Å²) in [6, 6.07) is 4.56. The molecule has 2 aliphatic rings.